The Morgan fingerprint density at radius 1 is 0.913 bits per heavy atom. The Balaban J connectivity index is 2.36. The van der Waals surface area contributed by atoms with Gasteiger partial charge in [-0.25, -0.2) is 4.98 Å². The van der Waals surface area contributed by atoms with Gasteiger partial charge in [-0.1, -0.05) is 60.2 Å². The molecule has 0 aliphatic rings. The molecule has 0 aliphatic heterocycles. The summed E-state index contributed by atoms with van der Waals surface area (Å²) in [5.74, 6) is 0.520. The summed E-state index contributed by atoms with van der Waals surface area (Å²) in [5.41, 5.74) is 5.36. The molecule has 112 valence electrons. The lowest BCUT2D eigenvalue weighted by Crippen LogP contribution is -1.98. The summed E-state index contributed by atoms with van der Waals surface area (Å²) in [5, 5.41) is 9.53. The number of aryl methyl sites for hydroxylation is 1. The van der Waals surface area contributed by atoms with Crippen molar-refractivity contribution in [3.05, 3.63) is 71.9 Å². The molecule has 0 atom stereocenters. The Labute approximate surface area is 135 Å². The van der Waals surface area contributed by atoms with Crippen molar-refractivity contribution in [1.82, 2.24) is 4.98 Å². The molecule has 0 amide bonds. The molecule has 1 aromatic heterocycles. The SMILES string of the molecule is COc1ncc(C#N)c(-c2ccccc2)c1-c1ccc(C)cc1. The first-order valence-corrected chi connectivity index (χ1v) is 7.34. The highest BCUT2D eigenvalue weighted by atomic mass is 16.5. The number of methoxy groups -OCH3 is 1. The molecule has 3 nitrogen and oxygen atoms in total. The Morgan fingerprint density at radius 2 is 1.57 bits per heavy atom. The number of hydrogen-bond donors (Lipinski definition) is 0. The van der Waals surface area contributed by atoms with E-state index in [0.717, 1.165) is 22.3 Å². The van der Waals surface area contributed by atoms with E-state index in [9.17, 15) is 5.26 Å². The molecule has 0 N–H and O–H groups in total. The van der Waals surface area contributed by atoms with E-state index in [0.29, 0.717) is 11.4 Å². The van der Waals surface area contributed by atoms with Gasteiger partial charge in [-0.2, -0.15) is 5.26 Å². The smallest absolute Gasteiger partial charge is 0.221 e. The van der Waals surface area contributed by atoms with Crippen LogP contribution in [0, 0.1) is 18.3 Å². The topological polar surface area (TPSA) is 45.9 Å². The fourth-order valence-electron chi connectivity index (χ4n) is 2.63. The molecule has 23 heavy (non-hydrogen) atoms. The van der Waals surface area contributed by atoms with Gasteiger partial charge in [0.1, 0.15) is 6.07 Å². The van der Waals surface area contributed by atoms with E-state index < -0.39 is 0 Å². The molecule has 0 bridgehead atoms. The van der Waals surface area contributed by atoms with Gasteiger partial charge in [0.05, 0.1) is 18.2 Å². The minimum atomic E-state index is 0.520. The van der Waals surface area contributed by atoms with Gasteiger partial charge >= 0.3 is 0 Å². The summed E-state index contributed by atoms with van der Waals surface area (Å²) < 4.78 is 5.47. The Hall–Kier alpha value is -3.12. The summed E-state index contributed by atoms with van der Waals surface area (Å²) >= 11 is 0. The minimum absolute atomic E-state index is 0.520. The molecule has 0 radical (unpaired) electrons. The number of hydrogen-bond acceptors (Lipinski definition) is 3. The van der Waals surface area contributed by atoms with Crippen molar-refractivity contribution in [2.24, 2.45) is 0 Å². The van der Waals surface area contributed by atoms with Crippen molar-refractivity contribution in [3.63, 3.8) is 0 Å². The van der Waals surface area contributed by atoms with Crippen molar-refractivity contribution in [3.8, 4) is 34.2 Å². The third kappa shape index (κ3) is 2.79. The monoisotopic (exact) mass is 300 g/mol. The zero-order valence-electron chi connectivity index (χ0n) is 13.1. The maximum atomic E-state index is 9.53. The van der Waals surface area contributed by atoms with Crippen LogP contribution < -0.4 is 4.74 Å². The maximum Gasteiger partial charge on any atom is 0.221 e. The first-order chi connectivity index (χ1) is 11.2. The minimum Gasteiger partial charge on any atom is -0.481 e. The van der Waals surface area contributed by atoms with Crippen LogP contribution in [0.25, 0.3) is 22.3 Å². The molecule has 1 heterocycles. The molecule has 0 aliphatic carbocycles. The van der Waals surface area contributed by atoms with Crippen LogP contribution in [-0.4, -0.2) is 12.1 Å². The molecular formula is C20H16N2O. The molecular weight excluding hydrogens is 284 g/mol. The van der Waals surface area contributed by atoms with E-state index in [4.69, 9.17) is 4.74 Å². The van der Waals surface area contributed by atoms with Crippen molar-refractivity contribution < 1.29 is 4.74 Å². The van der Waals surface area contributed by atoms with Crippen LogP contribution in [0.3, 0.4) is 0 Å². The van der Waals surface area contributed by atoms with Crippen molar-refractivity contribution in [2.45, 2.75) is 6.92 Å². The number of nitrogens with zero attached hydrogens (tertiary/aromatic N) is 2. The Morgan fingerprint density at radius 3 is 2.17 bits per heavy atom. The molecule has 2 aromatic carbocycles. The average Bonchev–Trinajstić information content (AvgIpc) is 2.62. The molecule has 0 spiro atoms. The highest BCUT2D eigenvalue weighted by Crippen LogP contribution is 2.39. The lowest BCUT2D eigenvalue weighted by atomic mass is 9.92. The fourth-order valence-corrected chi connectivity index (χ4v) is 2.63. The highest BCUT2D eigenvalue weighted by Gasteiger charge is 2.18. The quantitative estimate of drug-likeness (QED) is 0.710. The number of nitriles is 1. The Bertz CT molecular complexity index is 863. The normalized spacial score (nSPS) is 10.1. The third-order valence-corrected chi connectivity index (χ3v) is 3.76. The second kappa shape index (κ2) is 6.33. The Kier molecular flexibility index (Phi) is 4.07. The largest absolute Gasteiger partial charge is 0.481 e. The van der Waals surface area contributed by atoms with Crippen LogP contribution >= 0.6 is 0 Å². The van der Waals surface area contributed by atoms with E-state index in [2.05, 4.69) is 11.1 Å². The second-order valence-electron chi connectivity index (χ2n) is 5.28. The van der Waals surface area contributed by atoms with Gasteiger partial charge in [-0.3, -0.25) is 0 Å². The molecule has 0 saturated carbocycles. The van der Waals surface area contributed by atoms with Crippen LogP contribution in [0.15, 0.2) is 60.8 Å². The zero-order valence-corrected chi connectivity index (χ0v) is 13.1. The first kappa shape index (κ1) is 14.8. The van der Waals surface area contributed by atoms with Crippen LogP contribution in [0.2, 0.25) is 0 Å². The van der Waals surface area contributed by atoms with Crippen molar-refractivity contribution in [1.29, 1.82) is 5.26 Å². The molecule has 0 saturated heterocycles. The van der Waals surface area contributed by atoms with Crippen molar-refractivity contribution >= 4 is 0 Å². The first-order valence-electron chi connectivity index (χ1n) is 7.34. The van der Waals surface area contributed by atoms with E-state index in [1.54, 1.807) is 13.3 Å². The lowest BCUT2D eigenvalue weighted by Gasteiger charge is -2.15. The van der Waals surface area contributed by atoms with Crippen LogP contribution in [0.4, 0.5) is 0 Å². The van der Waals surface area contributed by atoms with Crippen LogP contribution in [0.5, 0.6) is 5.88 Å². The fraction of sp³-hybridized carbons (Fsp3) is 0.100. The summed E-state index contributed by atoms with van der Waals surface area (Å²) in [6.07, 6.45) is 1.57. The van der Waals surface area contributed by atoms with Gasteiger partial charge in [0.2, 0.25) is 5.88 Å². The zero-order chi connectivity index (χ0) is 16.2. The number of pyridine rings is 1. The number of ether oxygens (including phenoxy) is 1. The number of benzene rings is 2. The molecule has 3 heteroatoms. The van der Waals surface area contributed by atoms with Crippen molar-refractivity contribution in [2.75, 3.05) is 7.11 Å². The molecule has 0 unspecified atom stereocenters. The highest BCUT2D eigenvalue weighted by molar-refractivity contribution is 5.89. The third-order valence-electron chi connectivity index (χ3n) is 3.76. The summed E-state index contributed by atoms with van der Waals surface area (Å²) in [6, 6.07) is 20.3. The van der Waals surface area contributed by atoms with Gasteiger partial charge in [-0.05, 0) is 18.1 Å². The predicted molar refractivity (Wildman–Crippen MR) is 91.1 cm³/mol. The number of rotatable bonds is 3. The predicted octanol–water partition coefficient (Wildman–Crippen LogP) is 4.60. The van der Waals surface area contributed by atoms with Gasteiger partial charge in [0, 0.05) is 11.8 Å². The molecule has 0 fully saturated rings. The van der Waals surface area contributed by atoms with E-state index in [-0.39, 0.29) is 0 Å². The molecule has 3 aromatic rings. The number of aromatic nitrogens is 1. The van der Waals surface area contributed by atoms with Crippen LogP contribution in [-0.2, 0) is 0 Å². The van der Waals surface area contributed by atoms with E-state index in [1.807, 2.05) is 61.5 Å². The average molecular weight is 300 g/mol. The standard InChI is InChI=1S/C20H16N2O/c1-14-8-10-16(11-9-14)19-18(15-6-4-3-5-7-15)17(12-21)13-22-20(19)23-2/h3-11,13H,1-2H3. The summed E-state index contributed by atoms with van der Waals surface area (Å²) in [4.78, 5) is 4.31. The lowest BCUT2D eigenvalue weighted by molar-refractivity contribution is 0.400. The van der Waals surface area contributed by atoms with Gasteiger partial charge in [-0.15, -0.1) is 0 Å². The maximum absolute atomic E-state index is 9.53. The van der Waals surface area contributed by atoms with Gasteiger partial charge in [0.25, 0.3) is 0 Å². The summed E-state index contributed by atoms with van der Waals surface area (Å²) in [6.45, 7) is 2.04. The van der Waals surface area contributed by atoms with Gasteiger partial charge < -0.3 is 4.74 Å². The van der Waals surface area contributed by atoms with Crippen LogP contribution in [0.1, 0.15) is 11.1 Å². The van der Waals surface area contributed by atoms with E-state index >= 15 is 0 Å². The summed E-state index contributed by atoms with van der Waals surface area (Å²) in [7, 11) is 1.60. The van der Waals surface area contributed by atoms with Gasteiger partial charge in [0.15, 0.2) is 0 Å². The molecule has 3 rings (SSSR count). The van der Waals surface area contributed by atoms with E-state index in [1.165, 1.54) is 5.56 Å². The second-order valence-corrected chi connectivity index (χ2v) is 5.28.